The SMILES string of the molecule is C=CCc1cc(/C=C(\C#N)C(=O)Nc2cccc([N+](=O)[O-])c2)cc(OCC)c1OCc1ccc(Br)cc1. The second kappa shape index (κ2) is 13.0. The number of allylic oxidation sites excluding steroid dienone is 1. The summed E-state index contributed by atoms with van der Waals surface area (Å²) >= 11 is 3.42. The minimum Gasteiger partial charge on any atom is -0.490 e. The topological polar surface area (TPSA) is 114 Å². The molecule has 188 valence electrons. The van der Waals surface area contributed by atoms with Crippen LogP contribution < -0.4 is 14.8 Å². The molecule has 0 spiro atoms. The standard InChI is InChI=1S/C28H24BrN3O5/c1-3-6-21-13-20(14-22(17-30)28(33)31-24-7-5-8-25(16-24)32(34)35)15-26(36-4-2)27(21)37-18-19-9-11-23(29)12-10-19/h3,5,7-16H,1,4,6,18H2,2H3,(H,31,33)/b22-14+. The quantitative estimate of drug-likeness (QED) is 0.0925. The molecule has 1 amide bonds. The van der Waals surface area contributed by atoms with Gasteiger partial charge in [-0.3, -0.25) is 14.9 Å². The fourth-order valence-corrected chi connectivity index (χ4v) is 3.71. The van der Waals surface area contributed by atoms with E-state index < -0.39 is 10.8 Å². The lowest BCUT2D eigenvalue weighted by Gasteiger charge is -2.17. The molecule has 0 saturated carbocycles. The lowest BCUT2D eigenvalue weighted by atomic mass is 10.0. The van der Waals surface area contributed by atoms with Crippen molar-refractivity contribution in [1.29, 1.82) is 5.26 Å². The average molecular weight is 562 g/mol. The first-order valence-corrected chi connectivity index (χ1v) is 12.1. The van der Waals surface area contributed by atoms with Gasteiger partial charge in [-0.05, 0) is 60.9 Å². The molecule has 0 heterocycles. The number of halogens is 1. The molecule has 0 aliphatic rings. The van der Waals surface area contributed by atoms with Crippen LogP contribution in [0.25, 0.3) is 6.08 Å². The van der Waals surface area contributed by atoms with E-state index in [-0.39, 0.29) is 16.9 Å². The van der Waals surface area contributed by atoms with E-state index in [4.69, 9.17) is 9.47 Å². The van der Waals surface area contributed by atoms with Crippen molar-refractivity contribution in [2.75, 3.05) is 11.9 Å². The molecule has 0 atom stereocenters. The Morgan fingerprint density at radius 1 is 1.19 bits per heavy atom. The molecule has 0 radical (unpaired) electrons. The van der Waals surface area contributed by atoms with Crippen molar-refractivity contribution in [1.82, 2.24) is 0 Å². The Hall–Kier alpha value is -4.42. The summed E-state index contributed by atoms with van der Waals surface area (Å²) in [5.74, 6) is 0.338. The molecule has 8 nitrogen and oxygen atoms in total. The van der Waals surface area contributed by atoms with E-state index in [0.717, 1.165) is 15.6 Å². The summed E-state index contributed by atoms with van der Waals surface area (Å²) in [6.45, 7) is 6.37. The highest BCUT2D eigenvalue weighted by Crippen LogP contribution is 2.35. The molecule has 3 aromatic rings. The number of nitro groups is 1. The molecule has 0 unspecified atom stereocenters. The van der Waals surface area contributed by atoms with E-state index >= 15 is 0 Å². The van der Waals surface area contributed by atoms with Gasteiger partial charge in [0.2, 0.25) is 0 Å². The van der Waals surface area contributed by atoms with Crippen molar-refractivity contribution < 1.29 is 19.2 Å². The Bertz CT molecular complexity index is 1380. The Morgan fingerprint density at radius 2 is 1.95 bits per heavy atom. The van der Waals surface area contributed by atoms with Gasteiger partial charge in [0, 0.05) is 27.9 Å². The van der Waals surface area contributed by atoms with Crippen molar-refractivity contribution >= 4 is 39.3 Å². The van der Waals surface area contributed by atoms with Gasteiger partial charge < -0.3 is 14.8 Å². The maximum atomic E-state index is 12.8. The highest BCUT2D eigenvalue weighted by Gasteiger charge is 2.16. The molecular weight excluding hydrogens is 538 g/mol. The van der Waals surface area contributed by atoms with Crippen LogP contribution in [0.3, 0.4) is 0 Å². The third-order valence-electron chi connectivity index (χ3n) is 5.11. The number of nitro benzene ring substituents is 1. The van der Waals surface area contributed by atoms with Crippen molar-refractivity contribution in [3.8, 4) is 17.6 Å². The average Bonchev–Trinajstić information content (AvgIpc) is 2.88. The maximum absolute atomic E-state index is 12.8. The Labute approximate surface area is 223 Å². The lowest BCUT2D eigenvalue weighted by Crippen LogP contribution is -2.13. The Morgan fingerprint density at radius 3 is 2.59 bits per heavy atom. The first kappa shape index (κ1) is 27.2. The molecule has 0 aromatic heterocycles. The third-order valence-corrected chi connectivity index (χ3v) is 5.63. The molecule has 0 bridgehead atoms. The summed E-state index contributed by atoms with van der Waals surface area (Å²) < 4.78 is 12.9. The summed E-state index contributed by atoms with van der Waals surface area (Å²) in [5.41, 5.74) is 2.17. The number of nitriles is 1. The van der Waals surface area contributed by atoms with Crippen LogP contribution in [0.5, 0.6) is 11.5 Å². The first-order valence-electron chi connectivity index (χ1n) is 11.3. The van der Waals surface area contributed by atoms with Crippen molar-refractivity contribution in [2.45, 2.75) is 20.0 Å². The normalized spacial score (nSPS) is 10.8. The highest BCUT2D eigenvalue weighted by atomic mass is 79.9. The molecule has 3 rings (SSSR count). The van der Waals surface area contributed by atoms with Crippen LogP contribution in [0.1, 0.15) is 23.6 Å². The Balaban J connectivity index is 1.92. The zero-order chi connectivity index (χ0) is 26.8. The number of anilines is 1. The van der Waals surface area contributed by atoms with E-state index in [1.807, 2.05) is 37.3 Å². The molecule has 0 fully saturated rings. The Kier molecular flexibility index (Phi) is 9.58. The maximum Gasteiger partial charge on any atom is 0.271 e. The fraction of sp³-hybridized carbons (Fsp3) is 0.143. The number of non-ortho nitro benzene ring substituents is 1. The van der Waals surface area contributed by atoms with Gasteiger partial charge in [0.1, 0.15) is 18.2 Å². The van der Waals surface area contributed by atoms with Crippen LogP contribution in [0, 0.1) is 21.4 Å². The molecule has 0 saturated heterocycles. The summed E-state index contributed by atoms with van der Waals surface area (Å²) in [4.78, 5) is 23.2. The second-order valence-corrected chi connectivity index (χ2v) is 8.70. The summed E-state index contributed by atoms with van der Waals surface area (Å²) in [7, 11) is 0. The van der Waals surface area contributed by atoms with Crippen LogP contribution in [0.2, 0.25) is 0 Å². The van der Waals surface area contributed by atoms with Crippen LogP contribution in [-0.2, 0) is 17.8 Å². The predicted molar refractivity (Wildman–Crippen MR) is 145 cm³/mol. The minimum atomic E-state index is -0.693. The number of ether oxygens (including phenoxy) is 2. The van der Waals surface area contributed by atoms with E-state index in [0.29, 0.717) is 36.7 Å². The van der Waals surface area contributed by atoms with Gasteiger partial charge in [-0.2, -0.15) is 5.26 Å². The van der Waals surface area contributed by atoms with Gasteiger partial charge in [-0.25, -0.2) is 0 Å². The largest absolute Gasteiger partial charge is 0.490 e. The fourth-order valence-electron chi connectivity index (χ4n) is 3.45. The second-order valence-electron chi connectivity index (χ2n) is 7.78. The van der Waals surface area contributed by atoms with Crippen molar-refractivity contribution in [3.63, 3.8) is 0 Å². The van der Waals surface area contributed by atoms with E-state index in [1.54, 1.807) is 18.2 Å². The zero-order valence-corrected chi connectivity index (χ0v) is 21.7. The molecule has 9 heteroatoms. The number of hydrogen-bond acceptors (Lipinski definition) is 6. The molecule has 1 N–H and O–H groups in total. The van der Waals surface area contributed by atoms with Gasteiger partial charge in [0.15, 0.2) is 11.5 Å². The predicted octanol–water partition coefficient (Wildman–Crippen LogP) is 6.61. The van der Waals surface area contributed by atoms with Crippen LogP contribution in [0.4, 0.5) is 11.4 Å². The third kappa shape index (κ3) is 7.53. The number of hydrogen-bond donors (Lipinski definition) is 1. The number of benzene rings is 3. The minimum absolute atomic E-state index is 0.172. The first-order chi connectivity index (χ1) is 17.8. The number of nitrogens with one attached hydrogen (secondary N) is 1. The van der Waals surface area contributed by atoms with Crippen LogP contribution in [0.15, 0.2) is 83.4 Å². The van der Waals surface area contributed by atoms with Crippen molar-refractivity contribution in [2.24, 2.45) is 0 Å². The zero-order valence-electron chi connectivity index (χ0n) is 20.1. The molecule has 0 aliphatic carbocycles. The number of carbonyl (C=O) groups excluding carboxylic acids is 1. The molecule has 0 aliphatic heterocycles. The van der Waals surface area contributed by atoms with Crippen LogP contribution >= 0.6 is 15.9 Å². The smallest absolute Gasteiger partial charge is 0.271 e. The summed E-state index contributed by atoms with van der Waals surface area (Å²) in [6.07, 6.45) is 3.63. The van der Waals surface area contributed by atoms with E-state index in [9.17, 15) is 20.2 Å². The van der Waals surface area contributed by atoms with Gasteiger partial charge in [0.25, 0.3) is 11.6 Å². The molecular formula is C28H24BrN3O5. The van der Waals surface area contributed by atoms with Gasteiger partial charge in [-0.15, -0.1) is 6.58 Å². The van der Waals surface area contributed by atoms with E-state index in [2.05, 4.69) is 27.8 Å². The molecule has 37 heavy (non-hydrogen) atoms. The number of nitrogens with zero attached hydrogens (tertiary/aromatic N) is 2. The number of rotatable bonds is 11. The van der Waals surface area contributed by atoms with E-state index in [1.165, 1.54) is 30.3 Å². The summed E-state index contributed by atoms with van der Waals surface area (Å²) in [6, 6.07) is 18.7. The number of carbonyl (C=O) groups is 1. The summed E-state index contributed by atoms with van der Waals surface area (Å²) in [5, 5.41) is 23.2. The number of amides is 1. The van der Waals surface area contributed by atoms with Crippen molar-refractivity contribution in [3.05, 3.63) is 110 Å². The lowest BCUT2D eigenvalue weighted by molar-refractivity contribution is -0.384. The van der Waals surface area contributed by atoms with Crippen LogP contribution in [-0.4, -0.2) is 17.4 Å². The highest BCUT2D eigenvalue weighted by molar-refractivity contribution is 9.10. The monoisotopic (exact) mass is 561 g/mol. The molecule has 3 aromatic carbocycles. The van der Waals surface area contributed by atoms with Gasteiger partial charge in [-0.1, -0.05) is 40.2 Å². The van der Waals surface area contributed by atoms with Gasteiger partial charge in [0.05, 0.1) is 11.5 Å². The van der Waals surface area contributed by atoms with Gasteiger partial charge >= 0.3 is 0 Å².